The van der Waals surface area contributed by atoms with Crippen molar-refractivity contribution in [2.75, 3.05) is 20.2 Å². The van der Waals surface area contributed by atoms with Crippen LogP contribution in [0.2, 0.25) is 0 Å². The van der Waals surface area contributed by atoms with Gasteiger partial charge in [0.25, 0.3) is 0 Å². The lowest BCUT2D eigenvalue weighted by Gasteiger charge is -2.15. The summed E-state index contributed by atoms with van der Waals surface area (Å²) < 4.78 is 29.6. The van der Waals surface area contributed by atoms with E-state index in [4.69, 9.17) is 0 Å². The lowest BCUT2D eigenvalue weighted by atomic mass is 10.5. The smallest absolute Gasteiger partial charge is 0.363 e. The number of nitrogens with zero attached hydrogens (tertiary/aromatic N) is 3. The van der Waals surface area contributed by atoms with Crippen LogP contribution in [0.25, 0.3) is 0 Å². The van der Waals surface area contributed by atoms with Gasteiger partial charge in [-0.05, 0) is 22.9 Å². The third-order valence-electron chi connectivity index (χ3n) is 2.27. The average molecular weight is 303 g/mol. The summed E-state index contributed by atoms with van der Waals surface area (Å²) >= 11 is 0. The van der Waals surface area contributed by atoms with E-state index >= 15 is 0 Å². The van der Waals surface area contributed by atoms with Crippen LogP contribution in [0.3, 0.4) is 0 Å². The minimum absolute atomic E-state index is 0.145. The Kier molecular flexibility index (Phi) is 5.11. The topological polar surface area (TPSA) is 120 Å². The van der Waals surface area contributed by atoms with Crippen LogP contribution < -0.4 is 0 Å². The lowest BCUT2D eigenvalue weighted by molar-refractivity contribution is -0.389. The van der Waals surface area contributed by atoms with E-state index in [0.717, 1.165) is 22.6 Å². The molecule has 0 unspecified atom stereocenters. The molecular weight excluding hydrogens is 290 g/mol. The molecule has 0 aliphatic carbocycles. The highest BCUT2D eigenvalue weighted by Gasteiger charge is 2.25. The van der Waals surface area contributed by atoms with Gasteiger partial charge in [-0.2, -0.15) is 4.31 Å². The number of ether oxygens (including phenoxy) is 1. The number of rotatable bonds is 6. The zero-order valence-corrected chi connectivity index (χ0v) is 11.7. The highest BCUT2D eigenvalue weighted by Crippen LogP contribution is 2.15. The molecule has 1 aromatic rings. The highest BCUT2D eigenvalue weighted by molar-refractivity contribution is 7.89. The fourth-order valence-electron chi connectivity index (χ4n) is 1.29. The van der Waals surface area contributed by atoms with Crippen LogP contribution in [0.1, 0.15) is 6.92 Å². The number of esters is 1. The van der Waals surface area contributed by atoms with Crippen LogP contribution in [-0.2, 0) is 19.6 Å². The molecule has 0 aromatic carbocycles. The second kappa shape index (κ2) is 6.39. The number of pyridine rings is 1. The van der Waals surface area contributed by atoms with E-state index in [1.807, 2.05) is 0 Å². The number of sulfonamides is 1. The van der Waals surface area contributed by atoms with Crippen molar-refractivity contribution in [2.24, 2.45) is 0 Å². The Labute approximate surface area is 115 Å². The third kappa shape index (κ3) is 3.71. The van der Waals surface area contributed by atoms with Gasteiger partial charge in [-0.1, -0.05) is 0 Å². The first-order valence-electron chi connectivity index (χ1n) is 5.51. The number of nitro groups is 1. The van der Waals surface area contributed by atoms with Crippen molar-refractivity contribution in [2.45, 2.75) is 11.8 Å². The van der Waals surface area contributed by atoms with E-state index in [-0.39, 0.29) is 11.5 Å². The van der Waals surface area contributed by atoms with Gasteiger partial charge in [0.15, 0.2) is 6.20 Å². The largest absolute Gasteiger partial charge is 0.465 e. The van der Waals surface area contributed by atoms with E-state index in [2.05, 4.69) is 9.72 Å². The number of carbonyl (C=O) groups is 1. The molecule has 110 valence electrons. The molecule has 0 atom stereocenters. The quantitative estimate of drug-likeness (QED) is 0.417. The molecule has 0 saturated carbocycles. The number of aromatic nitrogens is 1. The standard InChI is InChI=1S/C10H13N3O6S/c1-3-19-10(14)7-12(2)20(17,18)8-4-5-9(11-6-8)13(15)16/h4-6H,3,7H2,1-2H3. The Morgan fingerprint density at radius 1 is 1.50 bits per heavy atom. The van der Waals surface area contributed by atoms with Crippen LogP contribution in [0.15, 0.2) is 23.2 Å². The van der Waals surface area contributed by atoms with Crippen LogP contribution in [0, 0.1) is 10.1 Å². The van der Waals surface area contributed by atoms with Crippen molar-refractivity contribution in [3.8, 4) is 0 Å². The average Bonchev–Trinajstić information content (AvgIpc) is 2.38. The fraction of sp³-hybridized carbons (Fsp3) is 0.400. The molecule has 0 radical (unpaired) electrons. The first kappa shape index (κ1) is 16.0. The zero-order valence-electron chi connectivity index (χ0n) is 10.8. The Balaban J connectivity index is 2.92. The Bertz CT molecular complexity index is 598. The molecule has 0 bridgehead atoms. The van der Waals surface area contributed by atoms with Gasteiger partial charge in [0.1, 0.15) is 11.4 Å². The molecule has 0 aliphatic heterocycles. The molecule has 9 nitrogen and oxygen atoms in total. The molecule has 0 N–H and O–H groups in total. The van der Waals surface area contributed by atoms with Gasteiger partial charge in [0.05, 0.1) is 6.61 Å². The molecule has 1 aromatic heterocycles. The van der Waals surface area contributed by atoms with Crippen molar-refractivity contribution < 1.29 is 22.9 Å². The van der Waals surface area contributed by atoms with Crippen molar-refractivity contribution in [1.82, 2.24) is 9.29 Å². The molecule has 0 aliphatic rings. The Morgan fingerprint density at radius 2 is 2.15 bits per heavy atom. The van der Waals surface area contributed by atoms with Crippen LogP contribution in [0.5, 0.6) is 0 Å². The van der Waals surface area contributed by atoms with Crippen molar-refractivity contribution in [3.63, 3.8) is 0 Å². The molecule has 10 heteroatoms. The molecule has 0 amide bonds. The summed E-state index contributed by atoms with van der Waals surface area (Å²) in [5.41, 5.74) is 0. The summed E-state index contributed by atoms with van der Waals surface area (Å²) in [6.07, 6.45) is 0.870. The van der Waals surface area contributed by atoms with Gasteiger partial charge in [0.2, 0.25) is 10.0 Å². The highest BCUT2D eigenvalue weighted by atomic mass is 32.2. The maximum Gasteiger partial charge on any atom is 0.363 e. The molecular formula is C10H13N3O6S. The minimum atomic E-state index is -3.95. The number of carbonyl (C=O) groups excluding carboxylic acids is 1. The summed E-state index contributed by atoms with van der Waals surface area (Å²) in [6, 6.07) is 2.03. The molecule has 20 heavy (non-hydrogen) atoms. The summed E-state index contributed by atoms with van der Waals surface area (Å²) in [7, 11) is -2.75. The predicted molar refractivity (Wildman–Crippen MR) is 67.3 cm³/mol. The van der Waals surface area contributed by atoms with Crippen molar-refractivity contribution in [3.05, 3.63) is 28.4 Å². The van der Waals surface area contributed by atoms with E-state index in [1.54, 1.807) is 6.92 Å². The van der Waals surface area contributed by atoms with E-state index in [1.165, 1.54) is 7.05 Å². The predicted octanol–water partition coefficient (Wildman–Crippen LogP) is 0.173. The molecule has 0 saturated heterocycles. The molecule has 1 rings (SSSR count). The SMILES string of the molecule is CCOC(=O)CN(C)S(=O)(=O)c1ccc([N+](=O)[O-])nc1. The Morgan fingerprint density at radius 3 is 2.60 bits per heavy atom. The van der Waals surface area contributed by atoms with Gasteiger partial charge in [-0.15, -0.1) is 0 Å². The summed E-state index contributed by atoms with van der Waals surface area (Å²) in [4.78, 5) is 24.1. The first-order chi connectivity index (χ1) is 9.28. The second-order valence-corrected chi connectivity index (χ2v) is 5.72. The van der Waals surface area contributed by atoms with Crippen molar-refractivity contribution in [1.29, 1.82) is 0 Å². The maximum absolute atomic E-state index is 12.1. The van der Waals surface area contributed by atoms with Gasteiger partial charge in [-0.25, -0.2) is 8.42 Å². The van der Waals surface area contributed by atoms with E-state index < -0.39 is 33.3 Å². The fourth-order valence-corrected chi connectivity index (χ4v) is 2.35. The lowest BCUT2D eigenvalue weighted by Crippen LogP contribution is -2.33. The normalized spacial score (nSPS) is 11.3. The number of hydrogen-bond donors (Lipinski definition) is 0. The van der Waals surface area contributed by atoms with Crippen molar-refractivity contribution >= 4 is 21.8 Å². The van der Waals surface area contributed by atoms with E-state index in [9.17, 15) is 23.3 Å². The number of hydrogen-bond acceptors (Lipinski definition) is 7. The van der Waals surface area contributed by atoms with Crippen LogP contribution in [-0.4, -0.2) is 48.8 Å². The zero-order chi connectivity index (χ0) is 15.3. The van der Waals surface area contributed by atoms with Gasteiger partial charge in [0, 0.05) is 13.1 Å². The van der Waals surface area contributed by atoms with E-state index in [0.29, 0.717) is 0 Å². The van der Waals surface area contributed by atoms with Crippen LogP contribution >= 0.6 is 0 Å². The van der Waals surface area contributed by atoms with Gasteiger partial charge in [-0.3, -0.25) is 4.79 Å². The van der Waals surface area contributed by atoms with Crippen LogP contribution in [0.4, 0.5) is 5.82 Å². The second-order valence-electron chi connectivity index (χ2n) is 3.68. The minimum Gasteiger partial charge on any atom is -0.465 e. The first-order valence-corrected chi connectivity index (χ1v) is 6.95. The number of likely N-dealkylation sites (N-methyl/N-ethyl adjacent to an activating group) is 1. The van der Waals surface area contributed by atoms with Gasteiger partial charge < -0.3 is 14.9 Å². The molecule has 1 heterocycles. The molecule has 0 spiro atoms. The maximum atomic E-state index is 12.1. The monoisotopic (exact) mass is 303 g/mol. The Hall–Kier alpha value is -2.07. The molecule has 0 fully saturated rings. The summed E-state index contributed by atoms with van der Waals surface area (Å²) in [5, 5.41) is 10.4. The van der Waals surface area contributed by atoms with Gasteiger partial charge >= 0.3 is 11.8 Å². The third-order valence-corrected chi connectivity index (χ3v) is 4.06. The summed E-state index contributed by atoms with van der Waals surface area (Å²) in [6.45, 7) is 1.30. The summed E-state index contributed by atoms with van der Waals surface area (Å²) in [5.74, 6) is -1.15.